The minimum absolute atomic E-state index is 1.05. The van der Waals surface area contributed by atoms with Gasteiger partial charge in [0.2, 0.25) is 0 Å². The fraction of sp³-hybridized carbons (Fsp3) is 0.625. The first-order valence-corrected chi connectivity index (χ1v) is 7.33. The third-order valence-corrected chi connectivity index (χ3v) is 4.03. The summed E-state index contributed by atoms with van der Waals surface area (Å²) in [6, 6.07) is 6.80. The molecule has 0 aromatic heterocycles. The van der Waals surface area contributed by atoms with E-state index in [-0.39, 0.29) is 0 Å². The summed E-state index contributed by atoms with van der Waals surface area (Å²) >= 11 is 0. The van der Waals surface area contributed by atoms with Crippen LogP contribution in [0.3, 0.4) is 0 Å². The molecule has 3 nitrogen and oxygen atoms in total. The van der Waals surface area contributed by atoms with Crippen LogP contribution >= 0.6 is 0 Å². The molecule has 0 atom stereocenters. The number of hydrogen-bond donors (Lipinski definition) is 1. The minimum atomic E-state index is 1.05. The summed E-state index contributed by atoms with van der Waals surface area (Å²) in [5.41, 5.74) is 4.20. The van der Waals surface area contributed by atoms with Gasteiger partial charge in [0.05, 0.1) is 0 Å². The Morgan fingerprint density at radius 3 is 2.58 bits per heavy atom. The fourth-order valence-electron chi connectivity index (χ4n) is 2.54. The minimum Gasteiger partial charge on any atom is -0.314 e. The first-order chi connectivity index (χ1) is 9.15. The van der Waals surface area contributed by atoms with E-state index < -0.39 is 0 Å². The Hall–Kier alpha value is -0.900. The molecule has 1 N–H and O–H groups in total. The molecule has 0 amide bonds. The zero-order valence-corrected chi connectivity index (χ0v) is 12.6. The molecule has 0 spiro atoms. The largest absolute Gasteiger partial charge is 0.314 e. The van der Waals surface area contributed by atoms with Gasteiger partial charge in [-0.2, -0.15) is 0 Å². The van der Waals surface area contributed by atoms with Gasteiger partial charge in [0, 0.05) is 45.8 Å². The highest BCUT2D eigenvalue weighted by molar-refractivity contribution is 5.29. The lowest BCUT2D eigenvalue weighted by Gasteiger charge is -2.29. The maximum absolute atomic E-state index is 3.40. The van der Waals surface area contributed by atoms with Crippen molar-refractivity contribution in [1.29, 1.82) is 0 Å². The summed E-state index contributed by atoms with van der Waals surface area (Å²) in [7, 11) is 2.22. The van der Waals surface area contributed by atoms with E-state index in [0.717, 1.165) is 26.2 Å². The van der Waals surface area contributed by atoms with Gasteiger partial charge in [-0.1, -0.05) is 18.2 Å². The van der Waals surface area contributed by atoms with Crippen molar-refractivity contribution in [2.24, 2.45) is 0 Å². The van der Waals surface area contributed by atoms with Gasteiger partial charge in [-0.15, -0.1) is 0 Å². The summed E-state index contributed by atoms with van der Waals surface area (Å²) in [4.78, 5) is 4.97. The van der Waals surface area contributed by atoms with Crippen molar-refractivity contribution in [3.8, 4) is 0 Å². The van der Waals surface area contributed by atoms with E-state index in [4.69, 9.17) is 0 Å². The summed E-state index contributed by atoms with van der Waals surface area (Å²) in [5.74, 6) is 0. The molecule has 19 heavy (non-hydrogen) atoms. The molecule has 1 aliphatic heterocycles. The molecule has 1 aromatic rings. The predicted molar refractivity (Wildman–Crippen MR) is 81.6 cm³/mol. The molecule has 1 saturated heterocycles. The Labute approximate surface area is 117 Å². The van der Waals surface area contributed by atoms with Crippen molar-refractivity contribution >= 4 is 0 Å². The van der Waals surface area contributed by atoms with Crippen molar-refractivity contribution in [2.75, 3.05) is 46.3 Å². The van der Waals surface area contributed by atoms with Gasteiger partial charge in [0.1, 0.15) is 0 Å². The molecule has 1 aromatic carbocycles. The van der Waals surface area contributed by atoms with Gasteiger partial charge in [-0.05, 0) is 37.6 Å². The van der Waals surface area contributed by atoms with Gasteiger partial charge in [0.25, 0.3) is 0 Å². The Bertz CT molecular complexity index is 397. The van der Waals surface area contributed by atoms with E-state index >= 15 is 0 Å². The van der Waals surface area contributed by atoms with Crippen molar-refractivity contribution in [1.82, 2.24) is 15.1 Å². The number of aryl methyl sites for hydroxylation is 2. The Morgan fingerprint density at radius 2 is 1.89 bits per heavy atom. The van der Waals surface area contributed by atoms with Crippen molar-refractivity contribution in [2.45, 2.75) is 20.4 Å². The van der Waals surface area contributed by atoms with Crippen LogP contribution < -0.4 is 5.32 Å². The van der Waals surface area contributed by atoms with Gasteiger partial charge < -0.3 is 10.2 Å². The van der Waals surface area contributed by atoms with E-state index in [1.165, 1.54) is 36.3 Å². The van der Waals surface area contributed by atoms with E-state index in [0.29, 0.717) is 0 Å². The number of benzene rings is 1. The maximum atomic E-state index is 3.40. The lowest BCUT2D eigenvalue weighted by atomic mass is 10.1. The summed E-state index contributed by atoms with van der Waals surface area (Å²) in [6.07, 6.45) is 0. The summed E-state index contributed by atoms with van der Waals surface area (Å²) < 4.78 is 0. The second-order valence-corrected chi connectivity index (χ2v) is 5.75. The van der Waals surface area contributed by atoms with E-state index in [1.54, 1.807) is 0 Å². The van der Waals surface area contributed by atoms with Gasteiger partial charge in [0.15, 0.2) is 0 Å². The van der Waals surface area contributed by atoms with Crippen LogP contribution in [0.4, 0.5) is 0 Å². The second-order valence-electron chi connectivity index (χ2n) is 5.75. The van der Waals surface area contributed by atoms with E-state index in [9.17, 15) is 0 Å². The zero-order chi connectivity index (χ0) is 13.7. The van der Waals surface area contributed by atoms with Crippen LogP contribution in [0.5, 0.6) is 0 Å². The Kier molecular flexibility index (Phi) is 5.37. The van der Waals surface area contributed by atoms with Crippen LogP contribution in [0.1, 0.15) is 16.7 Å². The van der Waals surface area contributed by atoms with Crippen LogP contribution in [0, 0.1) is 13.8 Å². The highest BCUT2D eigenvalue weighted by atomic mass is 15.2. The van der Waals surface area contributed by atoms with Gasteiger partial charge in [-0.3, -0.25) is 4.90 Å². The van der Waals surface area contributed by atoms with Crippen molar-refractivity contribution in [3.05, 3.63) is 34.9 Å². The molecular formula is C16H27N3. The molecule has 0 radical (unpaired) electrons. The zero-order valence-electron chi connectivity index (χ0n) is 12.6. The number of hydrogen-bond acceptors (Lipinski definition) is 3. The maximum Gasteiger partial charge on any atom is 0.0231 e. The van der Waals surface area contributed by atoms with Gasteiger partial charge in [-0.25, -0.2) is 0 Å². The third-order valence-electron chi connectivity index (χ3n) is 4.03. The van der Waals surface area contributed by atoms with E-state index in [1.807, 2.05) is 0 Å². The normalized spacial score (nSPS) is 17.1. The Balaban J connectivity index is 1.76. The standard InChI is InChI=1S/C16H27N3/c1-14-4-5-16(12-15(14)2)13-18(3)10-11-19-8-6-17-7-9-19/h4-5,12,17H,6-11,13H2,1-3H3. The molecule has 0 aliphatic carbocycles. The number of piperazine rings is 1. The fourth-order valence-corrected chi connectivity index (χ4v) is 2.54. The van der Waals surface area contributed by atoms with Crippen molar-refractivity contribution in [3.63, 3.8) is 0 Å². The first kappa shape index (κ1) is 14.5. The highest BCUT2D eigenvalue weighted by Gasteiger charge is 2.10. The monoisotopic (exact) mass is 261 g/mol. The average molecular weight is 261 g/mol. The summed E-state index contributed by atoms with van der Waals surface area (Å²) in [5, 5.41) is 3.40. The number of nitrogens with zero attached hydrogens (tertiary/aromatic N) is 2. The SMILES string of the molecule is Cc1ccc(CN(C)CCN2CCNCC2)cc1C. The van der Waals surface area contributed by atoms with Gasteiger partial charge >= 0.3 is 0 Å². The molecule has 0 unspecified atom stereocenters. The lowest BCUT2D eigenvalue weighted by molar-refractivity contribution is 0.202. The van der Waals surface area contributed by atoms with Crippen LogP contribution in [-0.4, -0.2) is 56.1 Å². The second kappa shape index (κ2) is 7.04. The topological polar surface area (TPSA) is 18.5 Å². The van der Waals surface area contributed by atoms with Crippen molar-refractivity contribution < 1.29 is 0 Å². The van der Waals surface area contributed by atoms with E-state index in [2.05, 4.69) is 54.2 Å². The third kappa shape index (κ3) is 4.60. The van der Waals surface area contributed by atoms with Crippen LogP contribution in [0.15, 0.2) is 18.2 Å². The Morgan fingerprint density at radius 1 is 1.16 bits per heavy atom. The molecule has 2 rings (SSSR count). The molecule has 3 heteroatoms. The number of rotatable bonds is 5. The number of likely N-dealkylation sites (N-methyl/N-ethyl adjacent to an activating group) is 1. The van der Waals surface area contributed by atoms with Crippen LogP contribution in [0.2, 0.25) is 0 Å². The molecule has 0 saturated carbocycles. The molecular weight excluding hydrogens is 234 g/mol. The molecule has 1 fully saturated rings. The highest BCUT2D eigenvalue weighted by Crippen LogP contribution is 2.11. The number of nitrogens with one attached hydrogen (secondary N) is 1. The molecule has 1 heterocycles. The first-order valence-electron chi connectivity index (χ1n) is 7.33. The van der Waals surface area contributed by atoms with Crippen LogP contribution in [0.25, 0.3) is 0 Å². The quantitative estimate of drug-likeness (QED) is 0.869. The van der Waals surface area contributed by atoms with Crippen LogP contribution in [-0.2, 0) is 6.54 Å². The molecule has 1 aliphatic rings. The predicted octanol–water partition coefficient (Wildman–Crippen LogP) is 1.64. The smallest absolute Gasteiger partial charge is 0.0231 e. The lowest BCUT2D eigenvalue weighted by Crippen LogP contribution is -2.45. The molecule has 0 bridgehead atoms. The average Bonchev–Trinajstić information content (AvgIpc) is 2.42. The molecule has 106 valence electrons. The summed E-state index contributed by atoms with van der Waals surface area (Å²) in [6.45, 7) is 12.4.